The Kier molecular flexibility index (Phi) is 5.16. The van der Waals surface area contributed by atoms with Crippen LogP contribution in [0, 0.1) is 6.92 Å². The first-order valence-electron chi connectivity index (χ1n) is 8.70. The Morgan fingerprint density at radius 3 is 2.76 bits per heavy atom. The van der Waals surface area contributed by atoms with Gasteiger partial charge in [0.05, 0.1) is 5.52 Å². The molecule has 5 heteroatoms. The second-order valence-electron chi connectivity index (χ2n) is 6.57. The second-order valence-corrected chi connectivity index (χ2v) is 7.58. The van der Waals surface area contributed by atoms with E-state index in [0.29, 0.717) is 0 Å². The predicted molar refractivity (Wildman–Crippen MR) is 108 cm³/mol. The molecule has 0 saturated carbocycles. The quantitative estimate of drug-likeness (QED) is 0.885. The Hall–Kier alpha value is -1.85. The Morgan fingerprint density at radius 1 is 1.36 bits per heavy atom. The molecule has 132 valence electrons. The number of hydrogen-bond donors (Lipinski definition) is 1. The van der Waals surface area contributed by atoms with Gasteiger partial charge in [-0.1, -0.05) is 30.0 Å². The molecule has 1 saturated heterocycles. The molecule has 0 bridgehead atoms. The summed E-state index contributed by atoms with van der Waals surface area (Å²) >= 11 is 1.57. The topological polar surface area (TPSA) is 48.7 Å². The highest BCUT2D eigenvalue weighted by molar-refractivity contribution is 8.17. The molecule has 1 aromatic heterocycles. The van der Waals surface area contributed by atoms with E-state index < -0.39 is 6.23 Å². The number of nitrogens with zero attached hydrogens (tertiary/aromatic N) is 3. The van der Waals surface area contributed by atoms with E-state index in [1.807, 2.05) is 36.9 Å². The van der Waals surface area contributed by atoms with Crippen molar-refractivity contribution in [3.63, 3.8) is 0 Å². The van der Waals surface area contributed by atoms with Gasteiger partial charge in [-0.15, -0.1) is 0 Å². The van der Waals surface area contributed by atoms with E-state index in [1.54, 1.807) is 11.8 Å². The second kappa shape index (κ2) is 7.18. The molecule has 25 heavy (non-hydrogen) atoms. The minimum absolute atomic E-state index is 0.201. The normalized spacial score (nSPS) is 21.6. The lowest BCUT2D eigenvalue weighted by Crippen LogP contribution is -2.33. The number of aromatic nitrogens is 1. The highest BCUT2D eigenvalue weighted by Crippen LogP contribution is 2.40. The maximum absolute atomic E-state index is 10.8. The van der Waals surface area contributed by atoms with Crippen molar-refractivity contribution in [2.24, 2.45) is 4.99 Å². The molecule has 1 atom stereocenters. The van der Waals surface area contributed by atoms with Gasteiger partial charge in [0.2, 0.25) is 0 Å². The van der Waals surface area contributed by atoms with E-state index in [4.69, 9.17) is 4.98 Å². The number of aryl methyl sites for hydroxylation is 1. The molecule has 1 aliphatic heterocycles. The van der Waals surface area contributed by atoms with Gasteiger partial charge in [0.25, 0.3) is 0 Å². The lowest BCUT2D eigenvalue weighted by atomic mass is 10.0. The molecule has 0 spiro atoms. The Balaban J connectivity index is 2.09. The van der Waals surface area contributed by atoms with Crippen LogP contribution < -0.4 is 0 Å². The fraction of sp³-hybridized carbons (Fsp3) is 0.400. The van der Waals surface area contributed by atoms with Gasteiger partial charge in [0.15, 0.2) is 11.4 Å². The molecular formula is C20H25N3OS. The van der Waals surface area contributed by atoms with Crippen molar-refractivity contribution in [2.75, 3.05) is 6.54 Å². The van der Waals surface area contributed by atoms with Crippen molar-refractivity contribution in [3.8, 4) is 0 Å². The third kappa shape index (κ3) is 3.44. The lowest BCUT2D eigenvalue weighted by molar-refractivity contribution is 0.104. The fourth-order valence-electron chi connectivity index (χ4n) is 3.08. The first-order valence-corrected chi connectivity index (χ1v) is 9.52. The number of amidine groups is 1. The van der Waals surface area contributed by atoms with E-state index in [-0.39, 0.29) is 6.04 Å². The van der Waals surface area contributed by atoms with Gasteiger partial charge in [-0.2, -0.15) is 0 Å². The summed E-state index contributed by atoms with van der Waals surface area (Å²) < 4.78 is 0. The predicted octanol–water partition coefficient (Wildman–Crippen LogP) is 4.43. The number of pyridine rings is 1. The van der Waals surface area contributed by atoms with E-state index in [9.17, 15) is 5.11 Å². The summed E-state index contributed by atoms with van der Waals surface area (Å²) in [7, 11) is 0. The number of fused-ring (bicyclic) bond motifs is 1. The number of thioether (sulfide) groups is 1. The summed E-state index contributed by atoms with van der Waals surface area (Å²) in [6.07, 6.45) is -0.640. The maximum Gasteiger partial charge on any atom is 0.166 e. The zero-order valence-corrected chi connectivity index (χ0v) is 16.3. The summed E-state index contributed by atoms with van der Waals surface area (Å²) in [5, 5.41) is 12.8. The molecule has 0 radical (unpaired) electrons. The summed E-state index contributed by atoms with van der Waals surface area (Å²) in [6, 6.07) is 10.5. The van der Waals surface area contributed by atoms with Gasteiger partial charge in [-0.25, -0.2) is 0 Å². The number of para-hydroxylation sites is 1. The van der Waals surface area contributed by atoms with Gasteiger partial charge in [0.1, 0.15) is 0 Å². The molecular weight excluding hydrogens is 330 g/mol. The Bertz CT molecular complexity index is 857. The molecule has 0 amide bonds. The zero-order chi connectivity index (χ0) is 18.1. The third-order valence-electron chi connectivity index (χ3n) is 4.37. The highest BCUT2D eigenvalue weighted by Gasteiger charge is 2.34. The Labute approximate surface area is 153 Å². The number of aliphatic imine (C=N–C) groups is 1. The molecule has 2 aromatic rings. The van der Waals surface area contributed by atoms with Crippen LogP contribution in [0.5, 0.6) is 0 Å². The Morgan fingerprint density at radius 2 is 2.08 bits per heavy atom. The van der Waals surface area contributed by atoms with E-state index in [2.05, 4.69) is 37.9 Å². The monoisotopic (exact) mass is 355 g/mol. The van der Waals surface area contributed by atoms with Gasteiger partial charge < -0.3 is 10.0 Å². The number of likely N-dealkylation sites (N-methyl/N-ethyl adjacent to an activating group) is 1. The van der Waals surface area contributed by atoms with Crippen LogP contribution in [-0.4, -0.2) is 39.0 Å². The summed E-state index contributed by atoms with van der Waals surface area (Å²) in [6.45, 7) is 11.0. The summed E-state index contributed by atoms with van der Waals surface area (Å²) in [5.41, 5.74) is 4.13. The average molecular weight is 356 g/mol. The minimum Gasteiger partial charge on any atom is -0.369 e. The van der Waals surface area contributed by atoms with Crippen molar-refractivity contribution in [1.29, 1.82) is 0 Å². The lowest BCUT2D eigenvalue weighted by Gasteiger charge is -2.21. The van der Waals surface area contributed by atoms with Crippen LogP contribution >= 0.6 is 11.8 Å². The molecule has 1 aromatic carbocycles. The molecule has 4 nitrogen and oxygen atoms in total. The van der Waals surface area contributed by atoms with Crippen LogP contribution in [0.25, 0.3) is 16.5 Å². The molecule has 1 N–H and O–H groups in total. The van der Waals surface area contributed by atoms with E-state index in [1.165, 1.54) is 0 Å². The first-order chi connectivity index (χ1) is 11.9. The zero-order valence-electron chi connectivity index (χ0n) is 15.4. The van der Waals surface area contributed by atoms with Crippen LogP contribution in [-0.2, 0) is 0 Å². The molecule has 0 aliphatic carbocycles. The number of aliphatic hydroxyl groups excluding tert-OH is 1. The van der Waals surface area contributed by atoms with Crippen LogP contribution in [0.15, 0.2) is 40.2 Å². The molecule has 3 rings (SSSR count). The van der Waals surface area contributed by atoms with Crippen molar-refractivity contribution in [3.05, 3.63) is 46.5 Å². The maximum atomic E-state index is 10.8. The van der Waals surface area contributed by atoms with Gasteiger partial charge >= 0.3 is 0 Å². The largest absolute Gasteiger partial charge is 0.369 e. The fourth-order valence-corrected chi connectivity index (χ4v) is 4.38. The number of allylic oxidation sites excluding steroid dienone is 1. The van der Waals surface area contributed by atoms with Gasteiger partial charge in [-0.05, 0) is 52.3 Å². The standard InChI is InChI=1S/C20H25N3OS/c1-6-23-19(24)18(25-20(23)21-12(2)3)13(4)16-11-15-9-7-8-10-17(15)22-14(16)5/h7-12,19,24H,6H2,1-5H3/b18-13+,21-20?. The third-order valence-corrected chi connectivity index (χ3v) is 5.63. The molecule has 1 fully saturated rings. The van der Waals surface area contributed by atoms with Crippen LogP contribution in [0.3, 0.4) is 0 Å². The molecule has 1 aliphatic rings. The minimum atomic E-state index is -0.640. The van der Waals surface area contributed by atoms with Crippen LogP contribution in [0.1, 0.15) is 39.0 Å². The highest BCUT2D eigenvalue weighted by atomic mass is 32.2. The van der Waals surface area contributed by atoms with Gasteiger partial charge in [-0.3, -0.25) is 9.98 Å². The summed E-state index contributed by atoms with van der Waals surface area (Å²) in [5.74, 6) is 0. The van der Waals surface area contributed by atoms with Gasteiger partial charge in [0, 0.05) is 34.1 Å². The first kappa shape index (κ1) is 18.0. The smallest absolute Gasteiger partial charge is 0.166 e. The van der Waals surface area contributed by atoms with Crippen molar-refractivity contribution in [2.45, 2.75) is 46.9 Å². The number of rotatable bonds is 3. The number of aliphatic hydroxyl groups is 1. The molecule has 2 heterocycles. The van der Waals surface area contributed by atoms with E-state index >= 15 is 0 Å². The SMILES string of the molecule is CCN1C(=NC(C)C)S/C(=C(\C)c2cc3ccccc3nc2C)C1O. The average Bonchev–Trinajstić information content (AvgIpc) is 2.88. The summed E-state index contributed by atoms with van der Waals surface area (Å²) in [4.78, 5) is 12.3. The molecule has 1 unspecified atom stereocenters. The number of hydrogen-bond acceptors (Lipinski definition) is 4. The van der Waals surface area contributed by atoms with E-state index in [0.717, 1.165) is 44.4 Å². The number of benzene rings is 1. The van der Waals surface area contributed by atoms with Crippen molar-refractivity contribution >= 4 is 33.4 Å². The van der Waals surface area contributed by atoms with Crippen LogP contribution in [0.4, 0.5) is 0 Å². The van der Waals surface area contributed by atoms with Crippen molar-refractivity contribution in [1.82, 2.24) is 9.88 Å². The van der Waals surface area contributed by atoms with Crippen molar-refractivity contribution < 1.29 is 5.11 Å². The van der Waals surface area contributed by atoms with Crippen LogP contribution in [0.2, 0.25) is 0 Å².